The molecular weight excluding hydrogens is 408 g/mol. The van der Waals surface area contributed by atoms with E-state index in [0.29, 0.717) is 19.0 Å². The summed E-state index contributed by atoms with van der Waals surface area (Å²) in [6, 6.07) is 8.12. The zero-order valence-electron chi connectivity index (χ0n) is 13.0. The lowest BCUT2D eigenvalue weighted by Crippen LogP contribution is -2.33. The molecule has 0 unspecified atom stereocenters. The van der Waals surface area contributed by atoms with Crippen molar-refractivity contribution in [2.75, 3.05) is 13.1 Å². The van der Waals surface area contributed by atoms with Gasteiger partial charge in [0.25, 0.3) is 0 Å². The highest BCUT2D eigenvalue weighted by molar-refractivity contribution is 14.0. The molecule has 1 aromatic heterocycles. The first-order valence-corrected chi connectivity index (χ1v) is 7.03. The molecule has 23 heavy (non-hydrogen) atoms. The Labute approximate surface area is 152 Å². The van der Waals surface area contributed by atoms with Crippen LogP contribution in [0.25, 0.3) is 5.69 Å². The zero-order valence-corrected chi connectivity index (χ0v) is 15.3. The van der Waals surface area contributed by atoms with Gasteiger partial charge < -0.3 is 11.1 Å². The molecule has 1 heterocycles. The molecule has 0 bridgehead atoms. The van der Waals surface area contributed by atoms with Crippen LogP contribution < -0.4 is 11.1 Å². The smallest absolute Gasteiger partial charge is 0.188 e. The van der Waals surface area contributed by atoms with Crippen molar-refractivity contribution in [3.8, 4) is 5.69 Å². The van der Waals surface area contributed by atoms with Gasteiger partial charge in [0.15, 0.2) is 5.96 Å². The summed E-state index contributed by atoms with van der Waals surface area (Å²) in [4.78, 5) is 4.14. The monoisotopic (exact) mass is 429 g/mol. The van der Waals surface area contributed by atoms with Gasteiger partial charge >= 0.3 is 0 Å². The van der Waals surface area contributed by atoms with Crippen LogP contribution in [-0.2, 0) is 6.42 Å². The minimum atomic E-state index is -0.259. The summed E-state index contributed by atoms with van der Waals surface area (Å²) in [6.07, 6.45) is 2.57. The summed E-state index contributed by atoms with van der Waals surface area (Å²) in [5.74, 6) is 0.144. The van der Waals surface area contributed by atoms with Crippen molar-refractivity contribution in [1.29, 1.82) is 0 Å². The number of hydrogen-bond acceptors (Lipinski definition) is 2. The van der Waals surface area contributed by atoms with E-state index in [0.717, 1.165) is 23.4 Å². The summed E-state index contributed by atoms with van der Waals surface area (Å²) in [6.45, 7) is 6.84. The molecule has 7 heteroatoms. The van der Waals surface area contributed by atoms with E-state index >= 15 is 0 Å². The topological polar surface area (TPSA) is 68.2 Å². The fourth-order valence-corrected chi connectivity index (χ4v) is 1.83. The van der Waals surface area contributed by atoms with Gasteiger partial charge in [0, 0.05) is 19.2 Å². The highest BCUT2D eigenvalue weighted by atomic mass is 127. The predicted octanol–water partition coefficient (Wildman–Crippen LogP) is 2.65. The molecule has 0 spiro atoms. The number of nitrogens with zero attached hydrogens (tertiary/aromatic N) is 3. The summed E-state index contributed by atoms with van der Waals surface area (Å²) < 4.78 is 14.6. The maximum atomic E-state index is 12.9. The molecule has 0 radical (unpaired) electrons. The Morgan fingerprint density at radius 1 is 1.35 bits per heavy atom. The van der Waals surface area contributed by atoms with Crippen LogP contribution in [0.3, 0.4) is 0 Å². The molecule has 124 valence electrons. The number of halogens is 2. The summed E-state index contributed by atoms with van der Waals surface area (Å²) in [7, 11) is 0. The summed E-state index contributed by atoms with van der Waals surface area (Å²) in [5.41, 5.74) is 8.44. The third kappa shape index (κ3) is 6.39. The molecule has 0 aliphatic carbocycles. The van der Waals surface area contributed by atoms with E-state index in [1.165, 1.54) is 12.1 Å². The number of benzene rings is 1. The van der Waals surface area contributed by atoms with E-state index in [9.17, 15) is 4.39 Å². The molecule has 2 aromatic rings. The average molecular weight is 429 g/mol. The van der Waals surface area contributed by atoms with Crippen LogP contribution in [0.4, 0.5) is 4.39 Å². The van der Waals surface area contributed by atoms with Crippen molar-refractivity contribution in [2.24, 2.45) is 10.7 Å². The standard InChI is InChI=1S/C16H20FN5.HI/c1-12(2)11-20-16(18)19-9-7-14-8-10-22(21-14)15-5-3-13(17)4-6-15;/h3-6,8,10H,1,7,9,11H2,2H3,(H3,18,19,20);1H. The fraction of sp³-hybridized carbons (Fsp3) is 0.250. The predicted molar refractivity (Wildman–Crippen MR) is 102 cm³/mol. The SMILES string of the molecule is C=C(C)CN=C(N)NCCc1ccn(-c2ccc(F)cc2)n1.I. The van der Waals surface area contributed by atoms with Crippen molar-refractivity contribution >= 4 is 29.9 Å². The minimum absolute atomic E-state index is 0. The van der Waals surface area contributed by atoms with E-state index in [1.54, 1.807) is 16.8 Å². The Morgan fingerprint density at radius 3 is 2.70 bits per heavy atom. The molecule has 5 nitrogen and oxygen atoms in total. The zero-order chi connectivity index (χ0) is 15.9. The second-order valence-corrected chi connectivity index (χ2v) is 5.06. The minimum Gasteiger partial charge on any atom is -0.370 e. The van der Waals surface area contributed by atoms with Gasteiger partial charge in [0.1, 0.15) is 5.82 Å². The van der Waals surface area contributed by atoms with Crippen LogP contribution in [0.2, 0.25) is 0 Å². The van der Waals surface area contributed by atoms with Gasteiger partial charge in [-0.2, -0.15) is 5.10 Å². The van der Waals surface area contributed by atoms with E-state index in [1.807, 2.05) is 19.2 Å². The van der Waals surface area contributed by atoms with Crippen molar-refractivity contribution in [3.05, 3.63) is 60.2 Å². The van der Waals surface area contributed by atoms with E-state index in [-0.39, 0.29) is 29.8 Å². The van der Waals surface area contributed by atoms with Crippen LogP contribution >= 0.6 is 24.0 Å². The Bertz CT molecular complexity index is 663. The van der Waals surface area contributed by atoms with Crippen LogP contribution in [0.1, 0.15) is 12.6 Å². The molecular formula is C16H21FIN5. The van der Waals surface area contributed by atoms with Crippen molar-refractivity contribution < 1.29 is 4.39 Å². The quantitative estimate of drug-likeness (QED) is 0.321. The number of hydrogen-bond donors (Lipinski definition) is 2. The molecule has 3 N–H and O–H groups in total. The highest BCUT2D eigenvalue weighted by Gasteiger charge is 2.02. The molecule has 0 aliphatic rings. The molecule has 0 fully saturated rings. The van der Waals surface area contributed by atoms with E-state index in [4.69, 9.17) is 5.73 Å². The van der Waals surface area contributed by atoms with Crippen molar-refractivity contribution in [2.45, 2.75) is 13.3 Å². The second-order valence-electron chi connectivity index (χ2n) is 5.06. The largest absolute Gasteiger partial charge is 0.370 e. The first-order valence-electron chi connectivity index (χ1n) is 7.03. The molecule has 2 rings (SSSR count). The Balaban J connectivity index is 0.00000264. The van der Waals surface area contributed by atoms with Gasteiger partial charge in [-0.05, 0) is 37.3 Å². The highest BCUT2D eigenvalue weighted by Crippen LogP contribution is 2.09. The number of guanidine groups is 1. The van der Waals surface area contributed by atoms with E-state index < -0.39 is 0 Å². The summed E-state index contributed by atoms with van der Waals surface area (Å²) >= 11 is 0. The number of nitrogens with two attached hydrogens (primary N) is 1. The Kier molecular flexibility index (Phi) is 7.73. The maximum absolute atomic E-state index is 12.9. The number of aromatic nitrogens is 2. The lowest BCUT2D eigenvalue weighted by atomic mass is 10.3. The average Bonchev–Trinajstić information content (AvgIpc) is 2.95. The third-order valence-electron chi connectivity index (χ3n) is 2.94. The molecule has 0 amide bonds. The van der Waals surface area contributed by atoms with Gasteiger partial charge in [-0.3, -0.25) is 0 Å². The maximum Gasteiger partial charge on any atom is 0.188 e. The lowest BCUT2D eigenvalue weighted by Gasteiger charge is -2.04. The van der Waals surface area contributed by atoms with Crippen molar-refractivity contribution in [3.63, 3.8) is 0 Å². The van der Waals surface area contributed by atoms with Crippen LogP contribution in [0.5, 0.6) is 0 Å². The number of rotatable bonds is 6. The molecule has 1 aromatic carbocycles. The van der Waals surface area contributed by atoms with Crippen LogP contribution in [-0.4, -0.2) is 28.8 Å². The second kappa shape index (κ2) is 9.29. The lowest BCUT2D eigenvalue weighted by molar-refractivity contribution is 0.627. The van der Waals surface area contributed by atoms with Gasteiger partial charge in [-0.25, -0.2) is 14.1 Å². The van der Waals surface area contributed by atoms with Crippen LogP contribution in [0.15, 0.2) is 53.7 Å². The normalized spacial score (nSPS) is 11.0. The third-order valence-corrected chi connectivity index (χ3v) is 2.94. The molecule has 0 saturated heterocycles. The number of nitrogens with one attached hydrogen (secondary N) is 1. The number of aliphatic imine (C=N–C) groups is 1. The molecule has 0 aliphatic heterocycles. The summed E-state index contributed by atoms with van der Waals surface area (Å²) in [5, 5.41) is 7.47. The first kappa shape index (κ1) is 19.1. The van der Waals surface area contributed by atoms with Gasteiger partial charge in [-0.1, -0.05) is 12.2 Å². The van der Waals surface area contributed by atoms with Gasteiger partial charge in [0.2, 0.25) is 0 Å². The van der Waals surface area contributed by atoms with Gasteiger partial charge in [-0.15, -0.1) is 24.0 Å². The fourth-order valence-electron chi connectivity index (χ4n) is 1.83. The Morgan fingerprint density at radius 2 is 2.04 bits per heavy atom. The van der Waals surface area contributed by atoms with Crippen molar-refractivity contribution in [1.82, 2.24) is 15.1 Å². The Hall–Kier alpha value is -1.90. The van der Waals surface area contributed by atoms with E-state index in [2.05, 4.69) is 22.0 Å². The van der Waals surface area contributed by atoms with Crippen LogP contribution in [0, 0.1) is 5.82 Å². The molecule has 0 saturated carbocycles. The molecule has 0 atom stereocenters. The first-order chi connectivity index (χ1) is 10.5. The van der Waals surface area contributed by atoms with Gasteiger partial charge in [0.05, 0.1) is 17.9 Å².